The Kier molecular flexibility index (Phi) is 6.02. The standard InChI is InChI=1S/C23H19BrF3N7O2/c24-16-4-1-5-17(31-16)32-22(36)15-3-2-8-33(15)18(35)10-34-14-7-6-12(23(25,26)27)9-13(14)19-20(28)29-11-30-21(19)34/h1,4-7,9,11,15H,2-3,8,10H2,(H2,28,29,30)(H,31,32,36)/t15-/m0/s1. The summed E-state index contributed by atoms with van der Waals surface area (Å²) in [6, 6.07) is 7.60. The molecule has 1 aliphatic rings. The molecule has 2 amide bonds. The second-order valence-electron chi connectivity index (χ2n) is 8.35. The zero-order valence-electron chi connectivity index (χ0n) is 18.6. The summed E-state index contributed by atoms with van der Waals surface area (Å²) < 4.78 is 42.1. The molecule has 3 N–H and O–H groups in total. The van der Waals surface area contributed by atoms with E-state index in [1.165, 1.54) is 21.9 Å². The fourth-order valence-corrected chi connectivity index (χ4v) is 4.87. The fraction of sp³-hybridized carbons (Fsp3) is 0.261. The van der Waals surface area contributed by atoms with E-state index in [0.717, 1.165) is 12.1 Å². The van der Waals surface area contributed by atoms with E-state index in [1.807, 2.05) is 0 Å². The van der Waals surface area contributed by atoms with E-state index in [2.05, 4.69) is 36.2 Å². The SMILES string of the molecule is Nc1ncnc2c1c1cc(C(F)(F)F)ccc1n2CC(=O)N1CCC[C@H]1C(=O)Nc1cccc(Br)n1. The summed E-state index contributed by atoms with van der Waals surface area (Å²) >= 11 is 3.25. The average molecular weight is 562 g/mol. The van der Waals surface area contributed by atoms with Gasteiger partial charge in [-0.25, -0.2) is 15.0 Å². The number of amides is 2. The van der Waals surface area contributed by atoms with Gasteiger partial charge in [0, 0.05) is 11.9 Å². The number of rotatable bonds is 4. The summed E-state index contributed by atoms with van der Waals surface area (Å²) in [7, 11) is 0. The van der Waals surface area contributed by atoms with Gasteiger partial charge < -0.3 is 20.5 Å². The quantitative estimate of drug-likeness (QED) is 0.364. The molecule has 1 aliphatic heterocycles. The Morgan fingerprint density at radius 1 is 1.19 bits per heavy atom. The van der Waals surface area contributed by atoms with Crippen molar-refractivity contribution < 1.29 is 22.8 Å². The van der Waals surface area contributed by atoms with Gasteiger partial charge >= 0.3 is 6.18 Å². The molecule has 9 nitrogen and oxygen atoms in total. The highest BCUT2D eigenvalue weighted by molar-refractivity contribution is 9.10. The number of nitrogen functional groups attached to an aromatic ring is 1. The van der Waals surface area contributed by atoms with Crippen LogP contribution in [0.1, 0.15) is 18.4 Å². The van der Waals surface area contributed by atoms with E-state index in [-0.39, 0.29) is 40.6 Å². The minimum absolute atomic E-state index is 0.00970. The molecule has 0 radical (unpaired) electrons. The number of benzene rings is 1. The number of anilines is 2. The average Bonchev–Trinajstić information content (AvgIpc) is 3.43. The summed E-state index contributed by atoms with van der Waals surface area (Å²) in [4.78, 5) is 40.1. The third-order valence-electron chi connectivity index (χ3n) is 6.13. The van der Waals surface area contributed by atoms with Crippen molar-refractivity contribution in [1.29, 1.82) is 0 Å². The van der Waals surface area contributed by atoms with Crippen LogP contribution in [-0.2, 0) is 22.3 Å². The van der Waals surface area contributed by atoms with Gasteiger partial charge in [0.2, 0.25) is 11.8 Å². The zero-order chi connectivity index (χ0) is 25.6. The predicted octanol–water partition coefficient (Wildman–Crippen LogP) is 3.97. The second kappa shape index (κ2) is 9.04. The Balaban J connectivity index is 1.47. The molecule has 186 valence electrons. The Bertz CT molecular complexity index is 1500. The number of alkyl halides is 3. The highest BCUT2D eigenvalue weighted by Crippen LogP contribution is 2.36. The first kappa shape index (κ1) is 24.0. The summed E-state index contributed by atoms with van der Waals surface area (Å²) in [6.07, 6.45) is -2.25. The normalized spacial score (nSPS) is 16.1. The third kappa shape index (κ3) is 4.34. The number of nitrogens with two attached hydrogens (primary N) is 1. The van der Waals surface area contributed by atoms with Crippen molar-refractivity contribution in [2.24, 2.45) is 0 Å². The molecule has 3 aromatic heterocycles. The molecule has 0 aliphatic carbocycles. The van der Waals surface area contributed by atoms with E-state index >= 15 is 0 Å². The molecule has 0 unspecified atom stereocenters. The first-order valence-electron chi connectivity index (χ1n) is 11.0. The molecule has 36 heavy (non-hydrogen) atoms. The fourth-order valence-electron chi connectivity index (χ4n) is 4.53. The number of carbonyl (C=O) groups excluding carboxylic acids is 2. The Hall–Kier alpha value is -3.74. The minimum Gasteiger partial charge on any atom is -0.383 e. The van der Waals surface area contributed by atoms with E-state index in [4.69, 9.17) is 5.73 Å². The van der Waals surface area contributed by atoms with Crippen LogP contribution in [-0.4, -0.2) is 48.8 Å². The molecule has 1 fully saturated rings. The molecule has 4 heterocycles. The van der Waals surface area contributed by atoms with Crippen molar-refractivity contribution in [2.45, 2.75) is 31.6 Å². The van der Waals surface area contributed by atoms with E-state index in [1.54, 1.807) is 18.2 Å². The van der Waals surface area contributed by atoms with Crippen molar-refractivity contribution in [3.05, 3.63) is 52.9 Å². The number of aromatic nitrogens is 4. The Morgan fingerprint density at radius 3 is 2.75 bits per heavy atom. The lowest BCUT2D eigenvalue weighted by Crippen LogP contribution is -2.44. The lowest BCUT2D eigenvalue weighted by Gasteiger charge is -2.24. The molecule has 0 bridgehead atoms. The number of hydrogen-bond donors (Lipinski definition) is 2. The summed E-state index contributed by atoms with van der Waals surface area (Å²) in [6.45, 7) is 0.135. The van der Waals surface area contributed by atoms with Gasteiger partial charge in [0.1, 0.15) is 40.8 Å². The van der Waals surface area contributed by atoms with Crippen LogP contribution in [0.4, 0.5) is 24.8 Å². The second-order valence-corrected chi connectivity index (χ2v) is 9.17. The highest BCUT2D eigenvalue weighted by Gasteiger charge is 2.35. The Labute approximate surface area is 210 Å². The largest absolute Gasteiger partial charge is 0.416 e. The van der Waals surface area contributed by atoms with Gasteiger partial charge in [-0.15, -0.1) is 0 Å². The van der Waals surface area contributed by atoms with E-state index in [0.29, 0.717) is 35.3 Å². The number of likely N-dealkylation sites (tertiary alicyclic amines) is 1. The van der Waals surface area contributed by atoms with Crippen molar-refractivity contribution in [3.8, 4) is 0 Å². The molecular formula is C23H19BrF3N7O2. The third-order valence-corrected chi connectivity index (χ3v) is 6.57. The molecule has 13 heteroatoms. The molecule has 4 aromatic rings. The van der Waals surface area contributed by atoms with Crippen molar-refractivity contribution >= 4 is 61.3 Å². The van der Waals surface area contributed by atoms with Gasteiger partial charge in [-0.3, -0.25) is 9.59 Å². The monoisotopic (exact) mass is 561 g/mol. The van der Waals surface area contributed by atoms with Crippen molar-refractivity contribution in [3.63, 3.8) is 0 Å². The molecular weight excluding hydrogens is 543 g/mol. The zero-order valence-corrected chi connectivity index (χ0v) is 20.2. The van der Waals surface area contributed by atoms with Gasteiger partial charge in [0.15, 0.2) is 0 Å². The maximum Gasteiger partial charge on any atom is 0.416 e. The van der Waals surface area contributed by atoms with Gasteiger partial charge in [0.25, 0.3) is 0 Å². The molecule has 0 saturated carbocycles. The van der Waals surface area contributed by atoms with Gasteiger partial charge in [-0.1, -0.05) is 6.07 Å². The van der Waals surface area contributed by atoms with Gasteiger partial charge in [-0.05, 0) is 59.1 Å². The van der Waals surface area contributed by atoms with Crippen molar-refractivity contribution in [1.82, 2.24) is 24.4 Å². The van der Waals surface area contributed by atoms with Crippen LogP contribution in [0.25, 0.3) is 21.9 Å². The first-order valence-corrected chi connectivity index (χ1v) is 11.8. The number of carbonyl (C=O) groups is 2. The maximum absolute atomic E-state index is 13.4. The predicted molar refractivity (Wildman–Crippen MR) is 130 cm³/mol. The Morgan fingerprint density at radius 2 is 2.00 bits per heavy atom. The van der Waals surface area contributed by atoms with Crippen molar-refractivity contribution in [2.75, 3.05) is 17.6 Å². The minimum atomic E-state index is -4.55. The molecule has 1 saturated heterocycles. The van der Waals surface area contributed by atoms with Crippen LogP contribution in [0, 0.1) is 0 Å². The summed E-state index contributed by atoms with van der Waals surface area (Å²) in [5.74, 6) is -0.375. The molecule has 1 atom stereocenters. The van der Waals surface area contributed by atoms with E-state index in [9.17, 15) is 22.8 Å². The number of halogens is 4. The molecule has 1 aromatic carbocycles. The van der Waals surface area contributed by atoms with Crippen LogP contribution < -0.4 is 11.1 Å². The molecule has 5 rings (SSSR count). The lowest BCUT2D eigenvalue weighted by molar-refractivity contribution is -0.137. The number of hydrogen-bond acceptors (Lipinski definition) is 6. The maximum atomic E-state index is 13.4. The topological polar surface area (TPSA) is 119 Å². The number of fused-ring (bicyclic) bond motifs is 3. The van der Waals surface area contributed by atoms with Gasteiger partial charge in [-0.2, -0.15) is 13.2 Å². The van der Waals surface area contributed by atoms with Gasteiger partial charge in [0.05, 0.1) is 16.5 Å². The number of pyridine rings is 1. The molecule has 0 spiro atoms. The van der Waals surface area contributed by atoms with Crippen LogP contribution in [0.5, 0.6) is 0 Å². The first-order chi connectivity index (χ1) is 17.1. The highest BCUT2D eigenvalue weighted by atomic mass is 79.9. The number of nitrogens with one attached hydrogen (secondary N) is 1. The van der Waals surface area contributed by atoms with Crippen LogP contribution >= 0.6 is 15.9 Å². The van der Waals surface area contributed by atoms with Crippen LogP contribution in [0.15, 0.2) is 47.3 Å². The smallest absolute Gasteiger partial charge is 0.383 e. The summed E-state index contributed by atoms with van der Waals surface area (Å²) in [5.41, 5.74) is 5.74. The van der Waals surface area contributed by atoms with Crippen LogP contribution in [0.3, 0.4) is 0 Å². The number of nitrogens with zero attached hydrogens (tertiary/aromatic N) is 5. The lowest BCUT2D eigenvalue weighted by atomic mass is 10.1. The summed E-state index contributed by atoms with van der Waals surface area (Å²) in [5, 5.41) is 3.17. The van der Waals surface area contributed by atoms with E-state index < -0.39 is 17.8 Å². The van der Waals surface area contributed by atoms with Crippen LogP contribution in [0.2, 0.25) is 0 Å².